The number of benzene rings is 2. The molecule has 1 amide bonds. The summed E-state index contributed by atoms with van der Waals surface area (Å²) in [4.78, 5) is 13.9. The monoisotopic (exact) mass is 409 g/mol. The molecule has 1 aliphatic rings. The maximum atomic E-state index is 13.3. The topological polar surface area (TPSA) is 59.0 Å². The van der Waals surface area contributed by atoms with E-state index < -0.39 is 29.7 Å². The van der Waals surface area contributed by atoms with Crippen molar-refractivity contribution in [2.45, 2.75) is 31.5 Å². The van der Waals surface area contributed by atoms with Gasteiger partial charge in [0.2, 0.25) is 5.91 Å². The van der Waals surface area contributed by atoms with Crippen molar-refractivity contribution in [3.8, 4) is 11.5 Å². The maximum Gasteiger partial charge on any atom is 0.222 e. The fourth-order valence-electron chi connectivity index (χ4n) is 3.28. The predicted octanol–water partition coefficient (Wildman–Crippen LogP) is 3.09. The predicted molar refractivity (Wildman–Crippen MR) is 99.3 cm³/mol. The summed E-state index contributed by atoms with van der Waals surface area (Å²) in [5, 5.41) is 10.4. The summed E-state index contributed by atoms with van der Waals surface area (Å²) in [5.74, 6) is -1.98. The first-order chi connectivity index (χ1) is 13.9. The van der Waals surface area contributed by atoms with Crippen molar-refractivity contribution in [2.24, 2.45) is 0 Å². The second-order valence-electron chi connectivity index (χ2n) is 6.90. The molecule has 1 N–H and O–H groups in total. The zero-order valence-corrected chi connectivity index (χ0v) is 15.9. The Bertz CT molecular complexity index is 877. The number of aliphatic hydroxyl groups excluding tert-OH is 1. The van der Waals surface area contributed by atoms with Crippen LogP contribution < -0.4 is 9.47 Å². The van der Waals surface area contributed by atoms with Crippen molar-refractivity contribution < 1.29 is 32.5 Å². The Morgan fingerprint density at radius 2 is 1.93 bits per heavy atom. The number of hydrogen-bond donors (Lipinski definition) is 1. The Balaban J connectivity index is 1.54. The molecule has 1 fully saturated rings. The lowest BCUT2D eigenvalue weighted by atomic mass is 10.0. The number of hydrogen-bond acceptors (Lipinski definition) is 4. The van der Waals surface area contributed by atoms with Crippen LogP contribution >= 0.6 is 0 Å². The van der Waals surface area contributed by atoms with E-state index in [9.17, 15) is 23.1 Å². The quantitative estimate of drug-likeness (QED) is 0.797. The molecular formula is C21H22F3NO4. The van der Waals surface area contributed by atoms with Crippen molar-refractivity contribution in [3.05, 3.63) is 59.4 Å². The summed E-state index contributed by atoms with van der Waals surface area (Å²) >= 11 is 0. The molecule has 0 spiro atoms. The van der Waals surface area contributed by atoms with Gasteiger partial charge < -0.3 is 19.5 Å². The van der Waals surface area contributed by atoms with E-state index in [4.69, 9.17) is 9.47 Å². The lowest BCUT2D eigenvalue weighted by Crippen LogP contribution is -2.51. The van der Waals surface area contributed by atoms with Crippen LogP contribution in [0.1, 0.15) is 18.4 Å². The van der Waals surface area contributed by atoms with Crippen LogP contribution in [0.5, 0.6) is 11.5 Å². The van der Waals surface area contributed by atoms with E-state index in [1.165, 1.54) is 36.3 Å². The number of aryl methyl sites for hydroxylation is 1. The van der Waals surface area contributed by atoms with Crippen molar-refractivity contribution >= 4 is 5.91 Å². The molecule has 0 unspecified atom stereocenters. The number of β-amino-alcohol motifs (C(OH)–C–C–N with tert-alkyl or cyclic N) is 1. The number of nitrogens with zero attached hydrogens (tertiary/aromatic N) is 1. The van der Waals surface area contributed by atoms with Gasteiger partial charge in [-0.25, -0.2) is 13.2 Å². The molecule has 0 aliphatic carbocycles. The van der Waals surface area contributed by atoms with E-state index >= 15 is 0 Å². The molecule has 3 rings (SSSR count). The SMILES string of the molecule is COc1cc(F)ccc1O[C@@H]1CCN(C(=O)CCc2ccc(F)c(F)c2)C[C@H]1O. The number of rotatable bonds is 6. The molecule has 156 valence electrons. The second-order valence-corrected chi connectivity index (χ2v) is 6.90. The molecule has 0 radical (unpaired) electrons. The van der Waals surface area contributed by atoms with E-state index in [-0.39, 0.29) is 31.0 Å². The van der Waals surface area contributed by atoms with Crippen molar-refractivity contribution in [2.75, 3.05) is 20.2 Å². The number of amides is 1. The van der Waals surface area contributed by atoms with Crippen molar-refractivity contribution in [3.63, 3.8) is 0 Å². The number of likely N-dealkylation sites (tertiary alicyclic amines) is 1. The molecular weight excluding hydrogens is 387 g/mol. The van der Waals surface area contributed by atoms with Crippen LogP contribution in [0.15, 0.2) is 36.4 Å². The molecule has 8 heteroatoms. The van der Waals surface area contributed by atoms with Gasteiger partial charge in [0, 0.05) is 25.5 Å². The van der Waals surface area contributed by atoms with Gasteiger partial charge in [-0.05, 0) is 36.2 Å². The fourth-order valence-corrected chi connectivity index (χ4v) is 3.28. The molecule has 5 nitrogen and oxygen atoms in total. The first-order valence-electron chi connectivity index (χ1n) is 9.27. The van der Waals surface area contributed by atoms with Gasteiger partial charge >= 0.3 is 0 Å². The van der Waals surface area contributed by atoms with Crippen LogP contribution in [0, 0.1) is 17.5 Å². The first kappa shape index (κ1) is 21.0. The molecule has 1 aliphatic heterocycles. The van der Waals surface area contributed by atoms with Gasteiger partial charge in [-0.2, -0.15) is 0 Å². The molecule has 29 heavy (non-hydrogen) atoms. The number of aliphatic hydroxyl groups is 1. The Kier molecular flexibility index (Phi) is 6.64. The zero-order chi connectivity index (χ0) is 21.0. The van der Waals surface area contributed by atoms with Gasteiger partial charge in [-0.15, -0.1) is 0 Å². The third-order valence-corrected chi connectivity index (χ3v) is 4.89. The van der Waals surface area contributed by atoms with Crippen molar-refractivity contribution in [1.82, 2.24) is 4.90 Å². The molecule has 1 heterocycles. The Morgan fingerprint density at radius 1 is 1.14 bits per heavy atom. The Hall–Kier alpha value is -2.74. The van der Waals surface area contributed by atoms with Gasteiger partial charge in [-0.3, -0.25) is 4.79 Å². The van der Waals surface area contributed by atoms with Gasteiger partial charge in [0.15, 0.2) is 23.1 Å². The second kappa shape index (κ2) is 9.17. The van der Waals surface area contributed by atoms with Gasteiger partial charge in [-0.1, -0.05) is 6.07 Å². The van der Waals surface area contributed by atoms with Gasteiger partial charge in [0.05, 0.1) is 13.7 Å². The highest BCUT2D eigenvalue weighted by Gasteiger charge is 2.32. The number of carbonyl (C=O) groups excluding carboxylic acids is 1. The van der Waals surface area contributed by atoms with Crippen LogP contribution in [-0.2, 0) is 11.2 Å². The highest BCUT2D eigenvalue weighted by Crippen LogP contribution is 2.30. The summed E-state index contributed by atoms with van der Waals surface area (Å²) in [6.45, 7) is 0.465. The van der Waals surface area contributed by atoms with Gasteiger partial charge in [0.1, 0.15) is 18.0 Å². The van der Waals surface area contributed by atoms with Crippen LogP contribution in [-0.4, -0.2) is 48.3 Å². The number of piperidine rings is 1. The highest BCUT2D eigenvalue weighted by atomic mass is 19.2. The van der Waals surface area contributed by atoms with E-state index in [0.29, 0.717) is 24.3 Å². The molecule has 1 saturated heterocycles. The number of halogens is 3. The molecule has 0 saturated carbocycles. The highest BCUT2D eigenvalue weighted by molar-refractivity contribution is 5.76. The molecule has 2 atom stereocenters. The molecule has 2 aromatic rings. The molecule has 0 aromatic heterocycles. The number of ether oxygens (including phenoxy) is 2. The normalized spacial score (nSPS) is 19.1. The van der Waals surface area contributed by atoms with Crippen LogP contribution in [0.4, 0.5) is 13.2 Å². The first-order valence-corrected chi connectivity index (χ1v) is 9.27. The lowest BCUT2D eigenvalue weighted by molar-refractivity contribution is -0.137. The summed E-state index contributed by atoms with van der Waals surface area (Å²) < 4.78 is 50.4. The maximum absolute atomic E-state index is 13.3. The molecule has 0 bridgehead atoms. The van der Waals surface area contributed by atoms with Crippen LogP contribution in [0.3, 0.4) is 0 Å². The third-order valence-electron chi connectivity index (χ3n) is 4.89. The van der Waals surface area contributed by atoms with E-state index in [2.05, 4.69) is 0 Å². The van der Waals surface area contributed by atoms with E-state index in [1.54, 1.807) is 0 Å². The average Bonchev–Trinajstić information content (AvgIpc) is 2.71. The van der Waals surface area contributed by atoms with E-state index in [1.807, 2.05) is 0 Å². The zero-order valence-electron chi connectivity index (χ0n) is 15.9. The van der Waals surface area contributed by atoms with Crippen LogP contribution in [0.2, 0.25) is 0 Å². The Morgan fingerprint density at radius 3 is 2.62 bits per heavy atom. The Labute approximate surface area is 166 Å². The van der Waals surface area contributed by atoms with Gasteiger partial charge in [0.25, 0.3) is 0 Å². The minimum Gasteiger partial charge on any atom is -0.493 e. The smallest absolute Gasteiger partial charge is 0.222 e. The number of methoxy groups -OCH3 is 1. The minimum atomic E-state index is -0.945. The number of carbonyl (C=O) groups is 1. The summed E-state index contributed by atoms with van der Waals surface area (Å²) in [6, 6.07) is 7.41. The van der Waals surface area contributed by atoms with E-state index in [0.717, 1.165) is 12.1 Å². The van der Waals surface area contributed by atoms with Crippen LogP contribution in [0.25, 0.3) is 0 Å². The molecule has 2 aromatic carbocycles. The summed E-state index contributed by atoms with van der Waals surface area (Å²) in [5.41, 5.74) is 0.527. The average molecular weight is 409 g/mol. The largest absolute Gasteiger partial charge is 0.493 e. The lowest BCUT2D eigenvalue weighted by Gasteiger charge is -2.36. The summed E-state index contributed by atoms with van der Waals surface area (Å²) in [6.07, 6.45) is -0.710. The standard InChI is InChI=1S/C21H22F3NO4/c1-28-20-11-14(22)4-6-19(20)29-18-8-9-25(12-17(18)26)21(27)7-3-13-2-5-15(23)16(24)10-13/h2,4-6,10-11,17-18,26H,3,7-9,12H2,1H3/t17-,18-/m1/s1. The third kappa shape index (κ3) is 5.20. The fraction of sp³-hybridized carbons (Fsp3) is 0.381. The van der Waals surface area contributed by atoms with Crippen molar-refractivity contribution in [1.29, 1.82) is 0 Å². The minimum absolute atomic E-state index is 0.0881. The summed E-state index contributed by atoms with van der Waals surface area (Å²) in [7, 11) is 1.40.